The highest BCUT2D eigenvalue weighted by molar-refractivity contribution is 7.92. The van der Waals surface area contributed by atoms with E-state index in [1.807, 2.05) is 6.92 Å². The van der Waals surface area contributed by atoms with Crippen LogP contribution in [-0.2, 0) is 9.84 Å². The lowest BCUT2D eigenvalue weighted by molar-refractivity contribution is 0.555. The molecule has 1 aliphatic heterocycles. The molecule has 2 rings (SSSR count). The molecule has 3 nitrogen and oxygen atoms in total. The molecule has 0 aromatic heterocycles. The Bertz CT molecular complexity index is 513. The topological polar surface area (TPSA) is 60.2 Å². The quantitative estimate of drug-likeness (QED) is 0.887. The molecule has 0 saturated carbocycles. The summed E-state index contributed by atoms with van der Waals surface area (Å²) in [5.74, 6) is 0. The van der Waals surface area contributed by atoms with Gasteiger partial charge >= 0.3 is 0 Å². The SMILES string of the molecule is CCCC1C(N)c2cc(Cl)ccc2S1(=O)=O. The highest BCUT2D eigenvalue weighted by atomic mass is 35.5. The van der Waals surface area contributed by atoms with Gasteiger partial charge in [-0.1, -0.05) is 24.9 Å². The maximum atomic E-state index is 12.2. The van der Waals surface area contributed by atoms with Gasteiger partial charge in [-0.2, -0.15) is 0 Å². The largest absolute Gasteiger partial charge is 0.323 e. The Morgan fingerprint density at radius 1 is 1.44 bits per heavy atom. The summed E-state index contributed by atoms with van der Waals surface area (Å²) in [5, 5.41) is 0.0347. The lowest BCUT2D eigenvalue weighted by Gasteiger charge is -2.13. The molecule has 1 heterocycles. The molecule has 0 saturated heterocycles. The van der Waals surface area contributed by atoms with E-state index in [1.165, 1.54) is 0 Å². The summed E-state index contributed by atoms with van der Waals surface area (Å²) in [6.45, 7) is 1.96. The third-order valence-electron chi connectivity index (χ3n) is 3.01. The summed E-state index contributed by atoms with van der Waals surface area (Å²) >= 11 is 5.86. The van der Waals surface area contributed by atoms with Crippen LogP contribution in [0.1, 0.15) is 31.4 Å². The molecule has 0 aliphatic carbocycles. The molecule has 0 amide bonds. The van der Waals surface area contributed by atoms with Crippen molar-refractivity contribution in [2.45, 2.75) is 36.0 Å². The number of halogens is 1. The van der Waals surface area contributed by atoms with Crippen LogP contribution in [0.25, 0.3) is 0 Å². The van der Waals surface area contributed by atoms with Crippen molar-refractivity contribution in [1.29, 1.82) is 0 Å². The average Bonchev–Trinajstić information content (AvgIpc) is 2.40. The summed E-state index contributed by atoms with van der Waals surface area (Å²) in [5.41, 5.74) is 6.64. The first kappa shape index (κ1) is 11.9. The first-order valence-electron chi connectivity index (χ1n) is 5.27. The second-order valence-electron chi connectivity index (χ2n) is 4.08. The highest BCUT2D eigenvalue weighted by Crippen LogP contribution is 2.40. The predicted molar refractivity (Wildman–Crippen MR) is 64.3 cm³/mol. The Hall–Kier alpha value is -0.580. The number of benzene rings is 1. The van der Waals surface area contributed by atoms with Gasteiger partial charge < -0.3 is 5.73 Å². The van der Waals surface area contributed by atoms with Crippen molar-refractivity contribution in [3.05, 3.63) is 28.8 Å². The lowest BCUT2D eigenvalue weighted by atomic mass is 10.0. The molecule has 5 heteroatoms. The van der Waals surface area contributed by atoms with Crippen LogP contribution in [0.5, 0.6) is 0 Å². The molecule has 0 bridgehead atoms. The number of rotatable bonds is 2. The van der Waals surface area contributed by atoms with Gasteiger partial charge in [0.25, 0.3) is 0 Å². The molecule has 88 valence electrons. The molecular weight excluding hydrogens is 246 g/mol. The van der Waals surface area contributed by atoms with Crippen LogP contribution in [0.15, 0.2) is 23.1 Å². The maximum absolute atomic E-state index is 12.2. The second kappa shape index (κ2) is 4.02. The van der Waals surface area contributed by atoms with Crippen molar-refractivity contribution in [3.8, 4) is 0 Å². The maximum Gasteiger partial charge on any atom is 0.183 e. The van der Waals surface area contributed by atoms with Crippen LogP contribution < -0.4 is 5.73 Å². The van der Waals surface area contributed by atoms with Crippen molar-refractivity contribution in [2.75, 3.05) is 0 Å². The van der Waals surface area contributed by atoms with E-state index in [2.05, 4.69) is 0 Å². The zero-order chi connectivity index (χ0) is 11.9. The van der Waals surface area contributed by atoms with Crippen LogP contribution in [-0.4, -0.2) is 13.7 Å². The van der Waals surface area contributed by atoms with Crippen LogP contribution >= 0.6 is 11.6 Å². The van der Waals surface area contributed by atoms with Gasteiger partial charge in [0, 0.05) is 11.1 Å². The molecule has 2 unspecified atom stereocenters. The molecule has 2 N–H and O–H groups in total. The van der Waals surface area contributed by atoms with Crippen molar-refractivity contribution in [1.82, 2.24) is 0 Å². The molecule has 1 aliphatic rings. The molecule has 0 spiro atoms. The summed E-state index contributed by atoms with van der Waals surface area (Å²) in [6.07, 6.45) is 1.40. The number of nitrogens with two attached hydrogens (primary N) is 1. The average molecular weight is 260 g/mol. The third-order valence-corrected chi connectivity index (χ3v) is 5.56. The molecule has 0 radical (unpaired) electrons. The number of hydrogen-bond acceptors (Lipinski definition) is 3. The van der Waals surface area contributed by atoms with E-state index in [0.717, 1.165) is 6.42 Å². The fraction of sp³-hybridized carbons (Fsp3) is 0.455. The molecular formula is C11H14ClNO2S. The molecule has 2 atom stereocenters. The van der Waals surface area contributed by atoms with Gasteiger partial charge in [-0.25, -0.2) is 8.42 Å². The van der Waals surface area contributed by atoms with Gasteiger partial charge in [-0.3, -0.25) is 0 Å². The first-order chi connectivity index (χ1) is 7.48. The Kier molecular flexibility index (Phi) is 2.99. The van der Waals surface area contributed by atoms with Gasteiger partial charge in [0.2, 0.25) is 0 Å². The van der Waals surface area contributed by atoms with Crippen molar-refractivity contribution in [2.24, 2.45) is 5.73 Å². The van der Waals surface area contributed by atoms with E-state index in [9.17, 15) is 8.42 Å². The smallest absolute Gasteiger partial charge is 0.183 e. The first-order valence-corrected chi connectivity index (χ1v) is 7.20. The Labute approximate surface area is 101 Å². The molecule has 0 fully saturated rings. The summed E-state index contributed by atoms with van der Waals surface area (Å²) in [7, 11) is -3.26. The number of fused-ring (bicyclic) bond motifs is 1. The minimum Gasteiger partial charge on any atom is -0.323 e. The zero-order valence-corrected chi connectivity index (χ0v) is 10.6. The van der Waals surface area contributed by atoms with Crippen molar-refractivity contribution < 1.29 is 8.42 Å². The Balaban J connectivity index is 2.57. The van der Waals surface area contributed by atoms with Crippen LogP contribution in [0.2, 0.25) is 5.02 Å². The Morgan fingerprint density at radius 3 is 2.75 bits per heavy atom. The number of sulfone groups is 1. The summed E-state index contributed by atoms with van der Waals surface area (Å²) in [6, 6.07) is 4.37. The fourth-order valence-electron chi connectivity index (χ4n) is 2.21. The summed E-state index contributed by atoms with van der Waals surface area (Å²) < 4.78 is 24.3. The Morgan fingerprint density at radius 2 is 2.12 bits per heavy atom. The molecule has 1 aromatic carbocycles. The zero-order valence-electron chi connectivity index (χ0n) is 8.98. The number of hydrogen-bond donors (Lipinski definition) is 1. The van der Waals surface area contributed by atoms with Gasteiger partial charge in [-0.15, -0.1) is 0 Å². The van der Waals surface area contributed by atoms with Crippen LogP contribution in [0.4, 0.5) is 0 Å². The lowest BCUT2D eigenvalue weighted by Crippen LogP contribution is -2.26. The van der Waals surface area contributed by atoms with Gasteiger partial charge in [0.1, 0.15) is 0 Å². The van der Waals surface area contributed by atoms with E-state index in [-0.39, 0.29) is 0 Å². The van der Waals surface area contributed by atoms with E-state index in [4.69, 9.17) is 17.3 Å². The summed E-state index contributed by atoms with van der Waals surface area (Å²) in [4.78, 5) is 0.350. The normalized spacial score (nSPS) is 26.7. The minimum atomic E-state index is -3.26. The van der Waals surface area contributed by atoms with E-state index < -0.39 is 21.1 Å². The van der Waals surface area contributed by atoms with E-state index >= 15 is 0 Å². The molecule has 16 heavy (non-hydrogen) atoms. The molecule has 1 aromatic rings. The van der Waals surface area contributed by atoms with Crippen LogP contribution in [0, 0.1) is 0 Å². The second-order valence-corrected chi connectivity index (χ2v) is 6.65. The van der Waals surface area contributed by atoms with E-state index in [0.29, 0.717) is 21.9 Å². The highest BCUT2D eigenvalue weighted by Gasteiger charge is 2.42. The predicted octanol–water partition coefficient (Wildman–Crippen LogP) is 2.30. The fourth-order valence-corrected chi connectivity index (χ4v) is 4.58. The third kappa shape index (κ3) is 1.65. The van der Waals surface area contributed by atoms with Gasteiger partial charge in [0.05, 0.1) is 10.1 Å². The monoisotopic (exact) mass is 259 g/mol. The van der Waals surface area contributed by atoms with E-state index in [1.54, 1.807) is 18.2 Å². The van der Waals surface area contributed by atoms with Crippen LogP contribution in [0.3, 0.4) is 0 Å². The van der Waals surface area contributed by atoms with Crippen molar-refractivity contribution in [3.63, 3.8) is 0 Å². The minimum absolute atomic E-state index is 0.350. The van der Waals surface area contributed by atoms with Gasteiger partial charge in [-0.05, 0) is 30.2 Å². The van der Waals surface area contributed by atoms with Gasteiger partial charge in [0.15, 0.2) is 9.84 Å². The van der Waals surface area contributed by atoms with Crippen molar-refractivity contribution >= 4 is 21.4 Å². The standard InChI is InChI=1S/C11H14ClNO2S/c1-2-3-10-11(13)8-6-7(12)4-5-9(8)16(10,14)15/h4-6,10-11H,2-3,13H2,1H3.